The molecule has 1 amide bonds. The second-order valence-corrected chi connectivity index (χ2v) is 7.50. The van der Waals surface area contributed by atoms with Gasteiger partial charge in [-0.2, -0.15) is 0 Å². The van der Waals surface area contributed by atoms with Crippen LogP contribution in [0, 0.1) is 0 Å². The van der Waals surface area contributed by atoms with Crippen LogP contribution in [0.2, 0.25) is 0 Å². The van der Waals surface area contributed by atoms with Gasteiger partial charge in [0.15, 0.2) is 0 Å². The van der Waals surface area contributed by atoms with E-state index in [0.717, 1.165) is 36.8 Å². The molecule has 1 aliphatic rings. The number of halogens is 1. The smallest absolute Gasteiger partial charge is 0.410 e. The maximum absolute atomic E-state index is 12.2. The molecule has 0 aromatic heterocycles. The number of rotatable bonds is 1. The third-order valence-electron chi connectivity index (χ3n) is 3.55. The summed E-state index contributed by atoms with van der Waals surface area (Å²) in [5.41, 5.74) is 2.15. The molecule has 0 bridgehead atoms. The molecule has 4 heteroatoms. The monoisotopic (exact) mass is 365 g/mol. The van der Waals surface area contributed by atoms with Gasteiger partial charge in [0.05, 0.1) is 0 Å². The Kier molecular flexibility index (Phi) is 5.68. The van der Waals surface area contributed by atoms with Crippen molar-refractivity contribution >= 4 is 28.1 Å². The Morgan fingerprint density at radius 3 is 2.64 bits per heavy atom. The van der Waals surface area contributed by atoms with Gasteiger partial charge in [-0.1, -0.05) is 45.8 Å². The van der Waals surface area contributed by atoms with Crippen LogP contribution in [0.4, 0.5) is 4.79 Å². The van der Waals surface area contributed by atoms with Gasteiger partial charge in [0.1, 0.15) is 5.60 Å². The summed E-state index contributed by atoms with van der Waals surface area (Å²) in [6.07, 6.45) is 4.95. The molecule has 1 saturated heterocycles. The van der Waals surface area contributed by atoms with Crippen molar-refractivity contribution in [3.63, 3.8) is 0 Å². The Morgan fingerprint density at radius 1 is 1.23 bits per heavy atom. The van der Waals surface area contributed by atoms with E-state index in [2.05, 4.69) is 34.1 Å². The highest BCUT2D eigenvalue weighted by Gasteiger charge is 2.23. The largest absolute Gasteiger partial charge is 0.444 e. The molecule has 2 rings (SSSR count). The molecule has 3 nitrogen and oxygen atoms in total. The molecule has 1 heterocycles. The lowest BCUT2D eigenvalue weighted by molar-refractivity contribution is 0.0258. The minimum atomic E-state index is -0.434. The average molecular weight is 366 g/mol. The summed E-state index contributed by atoms with van der Waals surface area (Å²) in [6.45, 7) is 7.20. The Bertz CT molecular complexity index is 560. The first-order valence-corrected chi connectivity index (χ1v) is 8.56. The highest BCUT2D eigenvalue weighted by Crippen LogP contribution is 2.24. The highest BCUT2D eigenvalue weighted by molar-refractivity contribution is 9.10. The molecule has 22 heavy (non-hydrogen) atoms. The molecule has 0 N–H and O–H groups in total. The Labute approximate surface area is 141 Å². The molecule has 1 fully saturated rings. The normalized spacial score (nSPS) is 18.2. The second kappa shape index (κ2) is 7.32. The summed E-state index contributed by atoms with van der Waals surface area (Å²) in [5, 5.41) is 0. The maximum atomic E-state index is 12.2. The van der Waals surface area contributed by atoms with Crippen LogP contribution in [0.1, 0.15) is 45.6 Å². The minimum Gasteiger partial charge on any atom is -0.444 e. The molecular weight excluding hydrogens is 342 g/mol. The SMILES string of the molecule is CC(C)(C)OC(=O)N1CCCC(=Cc2ccccc2Br)CC1. The van der Waals surface area contributed by atoms with E-state index < -0.39 is 5.60 Å². The van der Waals surface area contributed by atoms with Gasteiger partial charge < -0.3 is 9.64 Å². The Hall–Kier alpha value is -1.29. The van der Waals surface area contributed by atoms with Crippen LogP contribution in [-0.4, -0.2) is 29.7 Å². The molecule has 0 spiro atoms. The maximum Gasteiger partial charge on any atom is 0.410 e. The van der Waals surface area contributed by atoms with Crippen LogP contribution < -0.4 is 0 Å². The number of likely N-dealkylation sites (tertiary alicyclic amines) is 1. The van der Waals surface area contributed by atoms with Gasteiger partial charge in [-0.15, -0.1) is 0 Å². The fraction of sp³-hybridized carbons (Fsp3) is 0.500. The minimum absolute atomic E-state index is 0.199. The van der Waals surface area contributed by atoms with E-state index in [1.54, 1.807) is 0 Å². The standard InChI is InChI=1S/C18H24BrNO2/c1-18(2,3)22-17(21)20-11-6-7-14(10-12-20)13-15-8-4-5-9-16(15)19/h4-5,8-9,13H,6-7,10-12H2,1-3H3. The Morgan fingerprint density at radius 2 is 1.95 bits per heavy atom. The van der Waals surface area contributed by atoms with Crippen molar-refractivity contribution in [2.24, 2.45) is 0 Å². The van der Waals surface area contributed by atoms with Crippen LogP contribution in [0.3, 0.4) is 0 Å². The van der Waals surface area contributed by atoms with Crippen LogP contribution in [0.15, 0.2) is 34.3 Å². The lowest BCUT2D eigenvalue weighted by atomic mass is 10.0. The predicted octanol–water partition coefficient (Wildman–Crippen LogP) is 5.25. The van der Waals surface area contributed by atoms with E-state index in [4.69, 9.17) is 4.74 Å². The van der Waals surface area contributed by atoms with E-state index >= 15 is 0 Å². The van der Waals surface area contributed by atoms with E-state index in [1.807, 2.05) is 37.8 Å². The number of hydrogen-bond acceptors (Lipinski definition) is 2. The van der Waals surface area contributed by atoms with Crippen molar-refractivity contribution in [1.82, 2.24) is 4.90 Å². The molecular formula is C18H24BrNO2. The summed E-state index contributed by atoms with van der Waals surface area (Å²) < 4.78 is 6.57. The van der Waals surface area contributed by atoms with E-state index in [0.29, 0.717) is 0 Å². The van der Waals surface area contributed by atoms with Gasteiger partial charge in [-0.25, -0.2) is 4.79 Å². The summed E-state index contributed by atoms with van der Waals surface area (Å²) in [5.74, 6) is 0. The molecule has 1 aliphatic heterocycles. The van der Waals surface area contributed by atoms with Gasteiger partial charge in [0, 0.05) is 17.6 Å². The van der Waals surface area contributed by atoms with Crippen molar-refractivity contribution in [1.29, 1.82) is 0 Å². The zero-order chi connectivity index (χ0) is 16.2. The summed E-state index contributed by atoms with van der Waals surface area (Å²) in [4.78, 5) is 14.0. The first-order chi connectivity index (χ1) is 10.3. The van der Waals surface area contributed by atoms with Gasteiger partial charge >= 0.3 is 6.09 Å². The van der Waals surface area contributed by atoms with E-state index in [9.17, 15) is 4.79 Å². The summed E-state index contributed by atoms with van der Waals surface area (Å²) in [6, 6.07) is 8.22. The third-order valence-corrected chi connectivity index (χ3v) is 4.27. The Balaban J connectivity index is 2.01. The lowest BCUT2D eigenvalue weighted by Gasteiger charge is -2.26. The number of hydrogen-bond donors (Lipinski definition) is 0. The van der Waals surface area contributed by atoms with Crippen molar-refractivity contribution in [2.75, 3.05) is 13.1 Å². The summed E-state index contributed by atoms with van der Waals surface area (Å²) in [7, 11) is 0. The van der Waals surface area contributed by atoms with Gasteiger partial charge in [0.2, 0.25) is 0 Å². The molecule has 0 radical (unpaired) electrons. The topological polar surface area (TPSA) is 29.5 Å². The quantitative estimate of drug-likeness (QED) is 0.679. The number of carbonyl (C=O) groups is 1. The lowest BCUT2D eigenvalue weighted by Crippen LogP contribution is -2.37. The number of carbonyl (C=O) groups excluding carboxylic acids is 1. The molecule has 1 aromatic carbocycles. The molecule has 120 valence electrons. The van der Waals surface area contributed by atoms with E-state index in [1.165, 1.54) is 11.1 Å². The van der Waals surface area contributed by atoms with Gasteiger partial charge in [0.25, 0.3) is 0 Å². The molecule has 1 aromatic rings. The second-order valence-electron chi connectivity index (χ2n) is 6.65. The van der Waals surface area contributed by atoms with Gasteiger partial charge in [-0.05, 0) is 51.7 Å². The zero-order valence-corrected chi connectivity index (χ0v) is 15.1. The number of ether oxygens (including phenoxy) is 1. The zero-order valence-electron chi connectivity index (χ0n) is 13.6. The molecule has 0 saturated carbocycles. The van der Waals surface area contributed by atoms with Crippen molar-refractivity contribution in [2.45, 2.75) is 45.6 Å². The van der Waals surface area contributed by atoms with Crippen LogP contribution in [0.5, 0.6) is 0 Å². The fourth-order valence-electron chi connectivity index (χ4n) is 2.48. The molecule has 0 unspecified atom stereocenters. The number of benzene rings is 1. The van der Waals surface area contributed by atoms with Crippen molar-refractivity contribution in [3.8, 4) is 0 Å². The first kappa shape index (κ1) is 17.1. The highest BCUT2D eigenvalue weighted by atomic mass is 79.9. The van der Waals surface area contributed by atoms with Crippen molar-refractivity contribution < 1.29 is 9.53 Å². The average Bonchev–Trinajstić information content (AvgIpc) is 2.65. The molecule has 0 aliphatic carbocycles. The number of nitrogens with zero attached hydrogens (tertiary/aromatic N) is 1. The third kappa shape index (κ3) is 5.16. The van der Waals surface area contributed by atoms with Crippen LogP contribution in [0.25, 0.3) is 6.08 Å². The molecule has 0 atom stereocenters. The van der Waals surface area contributed by atoms with Gasteiger partial charge in [-0.3, -0.25) is 0 Å². The predicted molar refractivity (Wildman–Crippen MR) is 93.8 cm³/mol. The van der Waals surface area contributed by atoms with Crippen LogP contribution in [-0.2, 0) is 4.74 Å². The fourth-order valence-corrected chi connectivity index (χ4v) is 2.88. The first-order valence-electron chi connectivity index (χ1n) is 7.77. The van der Waals surface area contributed by atoms with E-state index in [-0.39, 0.29) is 6.09 Å². The summed E-state index contributed by atoms with van der Waals surface area (Å²) >= 11 is 3.58. The van der Waals surface area contributed by atoms with Crippen LogP contribution >= 0.6 is 15.9 Å². The number of amides is 1. The van der Waals surface area contributed by atoms with Crippen molar-refractivity contribution in [3.05, 3.63) is 39.9 Å².